The first-order valence-electron chi connectivity index (χ1n) is 7.35. The van der Waals surface area contributed by atoms with E-state index >= 15 is 0 Å². The number of aryl methyl sites for hydroxylation is 2. The Balaban J connectivity index is 1.72. The quantitative estimate of drug-likeness (QED) is 0.878. The number of carbonyl (C=O) groups is 2. The number of urea groups is 1. The number of carbonyl (C=O) groups excluding carboxylic acids is 1. The maximum Gasteiger partial charge on any atom is 0.326 e. The van der Waals surface area contributed by atoms with Gasteiger partial charge in [-0.15, -0.1) is 11.3 Å². The number of piperidine rings is 1. The Morgan fingerprint density at radius 3 is 2.90 bits per heavy atom. The summed E-state index contributed by atoms with van der Waals surface area (Å²) in [7, 11) is 0. The van der Waals surface area contributed by atoms with Crippen LogP contribution in [0.5, 0.6) is 0 Å². The number of aromatic nitrogens is 1. The van der Waals surface area contributed by atoms with E-state index in [0.717, 1.165) is 37.8 Å². The second-order valence-electron chi connectivity index (χ2n) is 5.77. The molecule has 1 saturated heterocycles. The number of rotatable bonds is 2. The van der Waals surface area contributed by atoms with E-state index in [0.29, 0.717) is 11.7 Å². The molecule has 0 spiro atoms. The number of nitrogens with zero attached hydrogens (tertiary/aromatic N) is 2. The van der Waals surface area contributed by atoms with E-state index in [1.54, 1.807) is 0 Å². The summed E-state index contributed by atoms with van der Waals surface area (Å²) < 4.78 is 0. The van der Waals surface area contributed by atoms with Gasteiger partial charge in [-0.3, -0.25) is 5.32 Å². The first kappa shape index (κ1) is 14.3. The molecule has 1 aliphatic carbocycles. The molecular formula is C14H19N3O3S. The molecular weight excluding hydrogens is 290 g/mol. The molecule has 1 aromatic rings. The van der Waals surface area contributed by atoms with Gasteiger partial charge in [0, 0.05) is 11.4 Å². The van der Waals surface area contributed by atoms with E-state index < -0.39 is 12.0 Å². The lowest BCUT2D eigenvalue weighted by molar-refractivity contribution is -0.145. The van der Waals surface area contributed by atoms with Gasteiger partial charge >= 0.3 is 12.0 Å². The van der Waals surface area contributed by atoms with E-state index in [4.69, 9.17) is 0 Å². The third-order valence-electron chi connectivity index (χ3n) is 4.26. The minimum Gasteiger partial charge on any atom is -0.480 e. The van der Waals surface area contributed by atoms with Gasteiger partial charge in [-0.2, -0.15) is 0 Å². The van der Waals surface area contributed by atoms with Crippen LogP contribution >= 0.6 is 11.3 Å². The van der Waals surface area contributed by atoms with Crippen molar-refractivity contribution >= 4 is 28.5 Å². The predicted octanol–water partition coefficient (Wildman–Crippen LogP) is 2.35. The van der Waals surface area contributed by atoms with Gasteiger partial charge in [0.05, 0.1) is 5.69 Å². The van der Waals surface area contributed by atoms with Crippen LogP contribution in [0.4, 0.5) is 9.93 Å². The summed E-state index contributed by atoms with van der Waals surface area (Å²) in [5, 5.41) is 12.7. The molecule has 0 aromatic carbocycles. The minimum atomic E-state index is -0.931. The Morgan fingerprint density at radius 2 is 2.19 bits per heavy atom. The molecule has 2 amide bonds. The van der Waals surface area contributed by atoms with Crippen molar-refractivity contribution in [2.24, 2.45) is 5.92 Å². The van der Waals surface area contributed by atoms with E-state index in [-0.39, 0.29) is 11.9 Å². The van der Waals surface area contributed by atoms with Gasteiger partial charge in [-0.25, -0.2) is 14.6 Å². The van der Waals surface area contributed by atoms with Crippen molar-refractivity contribution in [1.82, 2.24) is 9.88 Å². The molecule has 2 heterocycles. The molecule has 1 aliphatic heterocycles. The molecule has 2 aliphatic rings. The maximum atomic E-state index is 12.4. The highest BCUT2D eigenvalue weighted by molar-refractivity contribution is 7.15. The standard InChI is InChI=1S/C14H19N3O3S/c1-8-4-3-7-17(11(8)12(18)19)14(20)16-13-15-9-5-2-6-10(9)21-13/h8,11H,2-7H2,1H3,(H,18,19)(H,15,16,20). The molecule has 114 valence electrons. The van der Waals surface area contributed by atoms with Crippen molar-refractivity contribution in [2.45, 2.75) is 45.1 Å². The van der Waals surface area contributed by atoms with Crippen molar-refractivity contribution in [2.75, 3.05) is 11.9 Å². The van der Waals surface area contributed by atoms with Crippen LogP contribution in [0, 0.1) is 5.92 Å². The number of hydrogen-bond donors (Lipinski definition) is 2. The molecule has 2 atom stereocenters. The topological polar surface area (TPSA) is 82.5 Å². The van der Waals surface area contributed by atoms with Crippen molar-refractivity contribution in [3.8, 4) is 0 Å². The zero-order chi connectivity index (χ0) is 15.0. The second-order valence-corrected chi connectivity index (χ2v) is 6.85. The number of fused-ring (bicyclic) bond motifs is 1. The molecule has 0 radical (unpaired) electrons. The Kier molecular flexibility index (Phi) is 3.84. The van der Waals surface area contributed by atoms with E-state index in [2.05, 4.69) is 10.3 Å². The molecule has 21 heavy (non-hydrogen) atoms. The SMILES string of the molecule is CC1CCCN(C(=O)Nc2nc3c(s2)CCC3)C1C(=O)O. The largest absolute Gasteiger partial charge is 0.480 e. The number of aliphatic carboxylic acids is 1. The molecule has 2 N–H and O–H groups in total. The summed E-state index contributed by atoms with van der Waals surface area (Å²) in [5.74, 6) is -0.956. The normalized spacial score (nSPS) is 24.7. The number of carboxylic acids is 1. The number of hydrogen-bond acceptors (Lipinski definition) is 4. The van der Waals surface area contributed by atoms with Gasteiger partial charge < -0.3 is 10.0 Å². The van der Waals surface area contributed by atoms with E-state index in [9.17, 15) is 14.7 Å². The molecule has 3 rings (SSSR count). The van der Waals surface area contributed by atoms with Crippen LogP contribution in [0.3, 0.4) is 0 Å². The van der Waals surface area contributed by atoms with Crippen LogP contribution < -0.4 is 5.32 Å². The van der Waals surface area contributed by atoms with Crippen molar-refractivity contribution in [3.05, 3.63) is 10.6 Å². The van der Waals surface area contributed by atoms with Crippen LogP contribution in [0.15, 0.2) is 0 Å². The zero-order valence-corrected chi connectivity index (χ0v) is 12.8. The van der Waals surface area contributed by atoms with Gasteiger partial charge in [0.25, 0.3) is 0 Å². The van der Waals surface area contributed by atoms with Gasteiger partial charge in [0.1, 0.15) is 6.04 Å². The Morgan fingerprint density at radius 1 is 1.38 bits per heavy atom. The lowest BCUT2D eigenvalue weighted by Crippen LogP contribution is -2.53. The third kappa shape index (κ3) is 2.74. The summed E-state index contributed by atoms with van der Waals surface area (Å²) in [4.78, 5) is 30.9. The molecule has 7 heteroatoms. The van der Waals surface area contributed by atoms with Crippen molar-refractivity contribution < 1.29 is 14.7 Å². The van der Waals surface area contributed by atoms with Crippen molar-refractivity contribution in [3.63, 3.8) is 0 Å². The zero-order valence-electron chi connectivity index (χ0n) is 12.0. The van der Waals surface area contributed by atoms with Crippen LogP contribution in [-0.2, 0) is 17.6 Å². The number of anilines is 1. The summed E-state index contributed by atoms with van der Waals surface area (Å²) in [6, 6.07) is -1.09. The molecule has 0 saturated carbocycles. The minimum absolute atomic E-state index is 0.0247. The van der Waals surface area contributed by atoms with Gasteiger partial charge in [0.15, 0.2) is 5.13 Å². The fourth-order valence-corrected chi connectivity index (χ4v) is 4.24. The fraction of sp³-hybridized carbons (Fsp3) is 0.643. The summed E-state index contributed by atoms with van der Waals surface area (Å²) in [5.41, 5.74) is 1.08. The highest BCUT2D eigenvalue weighted by atomic mass is 32.1. The van der Waals surface area contributed by atoms with Crippen LogP contribution in [0.25, 0.3) is 0 Å². The summed E-state index contributed by atoms with van der Waals surface area (Å²) in [6.45, 7) is 2.37. The van der Waals surface area contributed by atoms with Gasteiger partial charge in [-0.05, 0) is 38.0 Å². The van der Waals surface area contributed by atoms with Crippen LogP contribution in [0.1, 0.15) is 36.8 Å². The van der Waals surface area contributed by atoms with Crippen molar-refractivity contribution in [1.29, 1.82) is 0 Å². The predicted molar refractivity (Wildman–Crippen MR) is 79.7 cm³/mol. The smallest absolute Gasteiger partial charge is 0.326 e. The number of thiazole rings is 1. The monoisotopic (exact) mass is 309 g/mol. The second kappa shape index (κ2) is 5.63. The third-order valence-corrected chi connectivity index (χ3v) is 5.33. The number of nitrogens with one attached hydrogen (secondary N) is 1. The Labute approximate surface area is 127 Å². The molecule has 6 nitrogen and oxygen atoms in total. The number of amides is 2. The lowest BCUT2D eigenvalue weighted by Gasteiger charge is -2.36. The first-order chi connectivity index (χ1) is 10.1. The highest BCUT2D eigenvalue weighted by Crippen LogP contribution is 2.31. The molecule has 0 bridgehead atoms. The van der Waals surface area contributed by atoms with Gasteiger partial charge in [-0.1, -0.05) is 6.92 Å². The number of carboxylic acid groups (broad SMARTS) is 1. The van der Waals surface area contributed by atoms with E-state index in [1.807, 2.05) is 6.92 Å². The van der Waals surface area contributed by atoms with Gasteiger partial charge in [0.2, 0.25) is 0 Å². The average Bonchev–Trinajstić information content (AvgIpc) is 2.98. The Bertz CT molecular complexity index is 550. The highest BCUT2D eigenvalue weighted by Gasteiger charge is 2.37. The summed E-state index contributed by atoms with van der Waals surface area (Å²) >= 11 is 1.51. The summed E-state index contributed by atoms with van der Waals surface area (Å²) in [6.07, 6.45) is 4.81. The molecule has 1 aromatic heterocycles. The van der Waals surface area contributed by atoms with E-state index in [1.165, 1.54) is 21.1 Å². The average molecular weight is 309 g/mol. The lowest BCUT2D eigenvalue weighted by atomic mass is 9.91. The molecule has 2 unspecified atom stereocenters. The Hall–Kier alpha value is -1.63. The molecule has 1 fully saturated rings. The maximum absolute atomic E-state index is 12.4. The van der Waals surface area contributed by atoms with Crippen LogP contribution in [-0.4, -0.2) is 39.6 Å². The fourth-order valence-electron chi connectivity index (χ4n) is 3.20. The number of likely N-dealkylation sites (tertiary alicyclic amines) is 1. The van der Waals surface area contributed by atoms with Crippen LogP contribution in [0.2, 0.25) is 0 Å². The first-order valence-corrected chi connectivity index (χ1v) is 8.17.